The van der Waals surface area contributed by atoms with E-state index >= 15 is 0 Å². The predicted molar refractivity (Wildman–Crippen MR) is 249 cm³/mol. The third-order valence-electron chi connectivity index (χ3n) is 12.3. The second kappa shape index (κ2) is 13.2. The molecular formula is C57H37NO. The first-order valence-electron chi connectivity index (χ1n) is 20.3. The summed E-state index contributed by atoms with van der Waals surface area (Å²) in [6.45, 7) is 2.20. The SMILES string of the molecule is Cc1ccc(-c2ccccc2)cc1N(c1ccc2cc3c(cc2c1)-c1c-3c(-c2ccccc2)c2ccccc2c1-c1ccccc1)c1cccc2c1oc1ccccc12. The number of hydrogen-bond acceptors (Lipinski definition) is 2. The highest BCUT2D eigenvalue weighted by Crippen LogP contribution is 2.60. The van der Waals surface area contributed by atoms with Crippen LogP contribution in [0.1, 0.15) is 5.56 Å². The highest BCUT2D eigenvalue weighted by atomic mass is 16.3. The molecule has 2 heteroatoms. The number of rotatable bonds is 6. The van der Waals surface area contributed by atoms with Gasteiger partial charge in [0.2, 0.25) is 0 Å². The van der Waals surface area contributed by atoms with E-state index in [1.165, 1.54) is 82.7 Å². The molecule has 0 saturated carbocycles. The van der Waals surface area contributed by atoms with Crippen molar-refractivity contribution in [2.24, 2.45) is 0 Å². The van der Waals surface area contributed by atoms with Crippen LogP contribution >= 0.6 is 0 Å². The maximum atomic E-state index is 6.73. The molecule has 0 bridgehead atoms. The van der Waals surface area contributed by atoms with Gasteiger partial charge in [0.1, 0.15) is 5.58 Å². The van der Waals surface area contributed by atoms with Crippen LogP contribution < -0.4 is 4.90 Å². The summed E-state index contributed by atoms with van der Waals surface area (Å²) >= 11 is 0. The van der Waals surface area contributed by atoms with Crippen LogP contribution in [-0.4, -0.2) is 0 Å². The first-order valence-corrected chi connectivity index (χ1v) is 20.3. The lowest BCUT2D eigenvalue weighted by Gasteiger charge is -2.33. The van der Waals surface area contributed by atoms with Crippen LogP contribution in [0.2, 0.25) is 0 Å². The van der Waals surface area contributed by atoms with E-state index in [1.807, 2.05) is 6.07 Å². The van der Waals surface area contributed by atoms with Gasteiger partial charge in [-0.05, 0) is 132 Å². The quantitative estimate of drug-likeness (QED) is 0.168. The van der Waals surface area contributed by atoms with Crippen molar-refractivity contribution in [1.29, 1.82) is 0 Å². The molecule has 276 valence electrons. The van der Waals surface area contributed by atoms with E-state index in [1.54, 1.807) is 0 Å². The number of benzene rings is 10. The van der Waals surface area contributed by atoms with Crippen LogP contribution in [0.25, 0.3) is 99.1 Å². The Kier molecular flexibility index (Phi) is 7.48. The van der Waals surface area contributed by atoms with E-state index in [4.69, 9.17) is 4.42 Å². The summed E-state index contributed by atoms with van der Waals surface area (Å²) in [5.41, 5.74) is 18.8. The minimum Gasteiger partial charge on any atom is -0.454 e. The molecule has 10 aromatic carbocycles. The number of nitrogens with zero attached hydrogens (tertiary/aromatic N) is 1. The number of para-hydroxylation sites is 2. The van der Waals surface area contributed by atoms with Crippen LogP contribution in [0.3, 0.4) is 0 Å². The highest BCUT2D eigenvalue weighted by molar-refractivity contribution is 6.26. The van der Waals surface area contributed by atoms with E-state index in [-0.39, 0.29) is 0 Å². The molecule has 1 heterocycles. The molecule has 0 amide bonds. The Morgan fingerprint density at radius 2 is 0.915 bits per heavy atom. The molecule has 0 atom stereocenters. The molecule has 0 aliphatic heterocycles. The maximum absolute atomic E-state index is 6.73. The van der Waals surface area contributed by atoms with Crippen LogP contribution in [0.15, 0.2) is 211 Å². The van der Waals surface area contributed by atoms with Crippen molar-refractivity contribution in [2.45, 2.75) is 6.92 Å². The Morgan fingerprint density at radius 1 is 0.356 bits per heavy atom. The van der Waals surface area contributed by atoms with Gasteiger partial charge >= 0.3 is 0 Å². The van der Waals surface area contributed by atoms with Gasteiger partial charge in [0.05, 0.1) is 5.69 Å². The van der Waals surface area contributed by atoms with Crippen molar-refractivity contribution in [2.75, 3.05) is 4.90 Å². The van der Waals surface area contributed by atoms with Gasteiger partial charge in [0.15, 0.2) is 5.58 Å². The molecular weight excluding hydrogens is 715 g/mol. The lowest BCUT2D eigenvalue weighted by atomic mass is 9.70. The Hall–Kier alpha value is -7.68. The minimum absolute atomic E-state index is 0.872. The minimum atomic E-state index is 0.872. The van der Waals surface area contributed by atoms with Crippen molar-refractivity contribution in [1.82, 2.24) is 0 Å². The van der Waals surface area contributed by atoms with Crippen molar-refractivity contribution in [3.63, 3.8) is 0 Å². The summed E-state index contributed by atoms with van der Waals surface area (Å²) in [5, 5.41) is 7.18. The Balaban J connectivity index is 1.10. The van der Waals surface area contributed by atoms with E-state index in [9.17, 15) is 0 Å². The molecule has 0 fully saturated rings. The fourth-order valence-electron chi connectivity index (χ4n) is 9.54. The summed E-state index contributed by atoms with van der Waals surface area (Å²) < 4.78 is 6.73. The standard InChI is InChI=1S/C57H37NO/c1-36-28-29-41(37-16-5-2-6-17-37)35-51(36)58(50-26-15-25-47-44-22-13-14-27-52(44)59-57(47)50)43-31-30-40-33-48-49(34-42(40)32-43)56-54(39-20-9-4-10-21-39)46-24-12-11-23-45(46)53(55(48)56)38-18-7-3-8-19-38/h2-35H,1H3. The Labute approximate surface area is 342 Å². The number of furan rings is 1. The monoisotopic (exact) mass is 751 g/mol. The molecule has 1 aliphatic carbocycles. The summed E-state index contributed by atoms with van der Waals surface area (Å²) in [6, 6.07) is 74.8. The molecule has 0 N–H and O–H groups in total. The molecule has 12 rings (SSSR count). The summed E-state index contributed by atoms with van der Waals surface area (Å²) in [4.78, 5) is 2.40. The summed E-state index contributed by atoms with van der Waals surface area (Å²) in [6.07, 6.45) is 0. The largest absolute Gasteiger partial charge is 0.454 e. The molecule has 0 saturated heterocycles. The zero-order valence-corrected chi connectivity index (χ0v) is 32.5. The number of hydrogen-bond donors (Lipinski definition) is 0. The van der Waals surface area contributed by atoms with Gasteiger partial charge in [-0.3, -0.25) is 0 Å². The topological polar surface area (TPSA) is 16.4 Å². The smallest absolute Gasteiger partial charge is 0.159 e. The average Bonchev–Trinajstić information content (AvgIpc) is 3.68. The van der Waals surface area contributed by atoms with Gasteiger partial charge in [-0.2, -0.15) is 0 Å². The second-order valence-electron chi connectivity index (χ2n) is 15.7. The maximum Gasteiger partial charge on any atom is 0.159 e. The van der Waals surface area contributed by atoms with E-state index in [2.05, 4.69) is 212 Å². The summed E-state index contributed by atoms with van der Waals surface area (Å²) in [7, 11) is 0. The number of anilines is 3. The average molecular weight is 752 g/mol. The van der Waals surface area contributed by atoms with Gasteiger partial charge < -0.3 is 9.32 Å². The molecule has 59 heavy (non-hydrogen) atoms. The van der Waals surface area contributed by atoms with Crippen LogP contribution in [0.4, 0.5) is 17.1 Å². The van der Waals surface area contributed by atoms with Gasteiger partial charge in [0.25, 0.3) is 0 Å². The highest BCUT2D eigenvalue weighted by Gasteiger charge is 2.33. The predicted octanol–water partition coefficient (Wildman–Crippen LogP) is 16.3. The normalized spacial score (nSPS) is 11.8. The van der Waals surface area contributed by atoms with Gasteiger partial charge in [0, 0.05) is 22.1 Å². The lowest BCUT2D eigenvalue weighted by molar-refractivity contribution is 0.669. The van der Waals surface area contributed by atoms with E-state index in [0.717, 1.165) is 39.0 Å². The lowest BCUT2D eigenvalue weighted by Crippen LogP contribution is -2.12. The third-order valence-corrected chi connectivity index (χ3v) is 12.3. The number of fused-ring (bicyclic) bond motifs is 9. The van der Waals surface area contributed by atoms with Crippen molar-refractivity contribution >= 4 is 60.5 Å². The van der Waals surface area contributed by atoms with Crippen LogP contribution in [0, 0.1) is 6.92 Å². The van der Waals surface area contributed by atoms with Gasteiger partial charge in [-0.25, -0.2) is 0 Å². The molecule has 0 radical (unpaired) electrons. The fourth-order valence-corrected chi connectivity index (χ4v) is 9.54. The molecule has 1 aliphatic rings. The summed E-state index contributed by atoms with van der Waals surface area (Å²) in [5.74, 6) is 0. The van der Waals surface area contributed by atoms with E-state index in [0.29, 0.717) is 0 Å². The third kappa shape index (κ3) is 5.20. The fraction of sp³-hybridized carbons (Fsp3) is 0.0175. The zero-order chi connectivity index (χ0) is 39.0. The molecule has 2 nitrogen and oxygen atoms in total. The van der Waals surface area contributed by atoms with Gasteiger partial charge in [-0.15, -0.1) is 0 Å². The zero-order valence-electron chi connectivity index (χ0n) is 32.5. The second-order valence-corrected chi connectivity index (χ2v) is 15.7. The van der Waals surface area contributed by atoms with Gasteiger partial charge in [-0.1, -0.05) is 164 Å². The van der Waals surface area contributed by atoms with E-state index < -0.39 is 0 Å². The van der Waals surface area contributed by atoms with Crippen molar-refractivity contribution in [3.8, 4) is 55.6 Å². The first kappa shape index (κ1) is 33.5. The first-order chi connectivity index (χ1) is 29.2. The molecule has 1 aromatic heterocycles. The van der Waals surface area contributed by atoms with Crippen molar-refractivity contribution < 1.29 is 4.42 Å². The molecule has 0 unspecified atom stereocenters. The Morgan fingerprint density at radius 3 is 1.58 bits per heavy atom. The number of aryl methyl sites for hydroxylation is 1. The molecule has 11 aromatic rings. The van der Waals surface area contributed by atoms with Crippen LogP contribution in [0.5, 0.6) is 0 Å². The van der Waals surface area contributed by atoms with Crippen LogP contribution in [-0.2, 0) is 0 Å². The van der Waals surface area contributed by atoms with Crippen molar-refractivity contribution in [3.05, 3.63) is 212 Å². The molecule has 0 spiro atoms. The Bertz CT molecular complexity index is 3440.